The topological polar surface area (TPSA) is 149 Å². The molecule has 10 nitrogen and oxygen atoms in total. The van der Waals surface area contributed by atoms with Crippen LogP contribution in [0.15, 0.2) is 0 Å². The second-order valence-electron chi connectivity index (χ2n) is 6.29. The lowest BCUT2D eigenvalue weighted by molar-refractivity contribution is -0.153. The van der Waals surface area contributed by atoms with E-state index >= 15 is 0 Å². The number of rotatable bonds is 17. The summed E-state index contributed by atoms with van der Waals surface area (Å²) < 4.78 is 30.8. The van der Waals surface area contributed by atoms with E-state index in [0.29, 0.717) is 6.42 Å². The van der Waals surface area contributed by atoms with Crippen molar-refractivity contribution in [3.8, 4) is 0 Å². The van der Waals surface area contributed by atoms with E-state index in [1.807, 2.05) is 0 Å². The molecule has 0 aromatic heterocycles. The number of aliphatic hydroxyl groups excluding tert-OH is 2. The second-order valence-corrected chi connectivity index (χ2v) is 7.74. The fraction of sp³-hybridized carbons (Fsp3) is 0.882. The van der Waals surface area contributed by atoms with Gasteiger partial charge in [0.25, 0.3) is 0 Å². The van der Waals surface area contributed by atoms with Crippen molar-refractivity contribution in [2.24, 2.45) is 0 Å². The Kier molecular flexibility index (Phi) is 15.3. The maximum atomic E-state index is 11.8. The van der Waals surface area contributed by atoms with E-state index in [1.165, 1.54) is 0 Å². The van der Waals surface area contributed by atoms with E-state index in [-0.39, 0.29) is 6.42 Å². The largest absolute Gasteiger partial charge is 0.472 e. The number of unbranched alkanes of at least 4 members (excludes halogenated alkanes) is 5. The lowest BCUT2D eigenvalue weighted by Gasteiger charge is -2.20. The fourth-order valence-corrected chi connectivity index (χ4v) is 2.95. The minimum atomic E-state index is -4.56. The monoisotopic (exact) mass is 428 g/mol. The number of esters is 2. The summed E-state index contributed by atoms with van der Waals surface area (Å²) in [5, 5.41) is 18.2. The molecule has 28 heavy (non-hydrogen) atoms. The molecule has 0 amide bonds. The van der Waals surface area contributed by atoms with Gasteiger partial charge in [-0.3, -0.25) is 18.6 Å². The summed E-state index contributed by atoms with van der Waals surface area (Å²) in [5.74, 6) is -1.21. The van der Waals surface area contributed by atoms with E-state index in [2.05, 4.69) is 20.7 Å². The zero-order chi connectivity index (χ0) is 21.4. The Labute approximate surface area is 165 Å². The molecule has 0 aliphatic heterocycles. The third-order valence-electron chi connectivity index (χ3n) is 3.62. The van der Waals surface area contributed by atoms with Crippen molar-refractivity contribution in [3.05, 3.63) is 0 Å². The van der Waals surface area contributed by atoms with Crippen LogP contribution in [0.3, 0.4) is 0 Å². The van der Waals surface area contributed by atoms with Crippen molar-refractivity contribution in [2.45, 2.75) is 71.0 Å². The minimum Gasteiger partial charge on any atom is -0.458 e. The molecule has 0 bridgehead atoms. The summed E-state index contributed by atoms with van der Waals surface area (Å²) in [5.41, 5.74) is 0. The molecule has 0 fully saturated rings. The number of carbonyl (C=O) groups is 2. The maximum absolute atomic E-state index is 11.8. The molecule has 3 N–H and O–H groups in total. The van der Waals surface area contributed by atoms with Crippen LogP contribution in [0.1, 0.15) is 58.8 Å². The quantitative estimate of drug-likeness (QED) is 0.177. The first-order valence-corrected chi connectivity index (χ1v) is 10.9. The molecular formula is C17H33O10P. The molecule has 0 heterocycles. The molecule has 3 atom stereocenters. The number of hydrogen-bond acceptors (Lipinski definition) is 9. The molecule has 0 aromatic rings. The lowest BCUT2D eigenvalue weighted by atomic mass is 10.1. The van der Waals surface area contributed by atoms with Gasteiger partial charge < -0.3 is 24.6 Å². The lowest BCUT2D eigenvalue weighted by Crippen LogP contribution is -2.28. The minimum absolute atomic E-state index is 0.191. The Morgan fingerprint density at radius 2 is 1.39 bits per heavy atom. The van der Waals surface area contributed by atoms with E-state index in [9.17, 15) is 24.2 Å². The van der Waals surface area contributed by atoms with Crippen molar-refractivity contribution in [2.75, 3.05) is 26.4 Å². The normalized spacial score (nSPS) is 15.5. The van der Waals surface area contributed by atoms with Crippen LogP contribution in [-0.4, -0.2) is 65.7 Å². The van der Waals surface area contributed by atoms with Crippen LogP contribution >= 0.6 is 7.82 Å². The SMILES string of the molecule is CCCCCCCCC(=O)OC(CO)COP(=O)(O)OCC(CO)OC(C)=O. The van der Waals surface area contributed by atoms with Gasteiger partial charge in [-0.1, -0.05) is 39.0 Å². The fourth-order valence-electron chi connectivity index (χ4n) is 2.17. The number of carbonyl (C=O) groups excluding carboxylic acids is 2. The van der Waals surface area contributed by atoms with Crippen molar-refractivity contribution in [1.29, 1.82) is 0 Å². The Morgan fingerprint density at radius 1 is 0.893 bits per heavy atom. The second kappa shape index (κ2) is 15.8. The summed E-state index contributed by atoms with van der Waals surface area (Å²) in [7, 11) is -4.56. The van der Waals surface area contributed by atoms with Gasteiger partial charge in [-0.05, 0) is 6.42 Å². The van der Waals surface area contributed by atoms with E-state index in [1.54, 1.807) is 0 Å². The van der Waals surface area contributed by atoms with Crippen molar-refractivity contribution in [1.82, 2.24) is 0 Å². The highest BCUT2D eigenvalue weighted by Crippen LogP contribution is 2.43. The number of aliphatic hydroxyl groups is 2. The van der Waals surface area contributed by atoms with Crippen LogP contribution in [-0.2, 0) is 32.7 Å². The van der Waals surface area contributed by atoms with Gasteiger partial charge in [0.15, 0.2) is 0 Å². The highest BCUT2D eigenvalue weighted by Gasteiger charge is 2.27. The maximum Gasteiger partial charge on any atom is 0.472 e. The van der Waals surface area contributed by atoms with Gasteiger partial charge in [-0.2, -0.15) is 0 Å². The zero-order valence-corrected chi connectivity index (χ0v) is 17.5. The van der Waals surface area contributed by atoms with Gasteiger partial charge in [0.1, 0.15) is 12.2 Å². The first kappa shape index (κ1) is 27.0. The molecule has 3 unspecified atom stereocenters. The van der Waals surface area contributed by atoms with E-state index < -0.39 is 58.4 Å². The first-order valence-electron chi connectivity index (χ1n) is 9.44. The summed E-state index contributed by atoms with van der Waals surface area (Å²) in [4.78, 5) is 32.1. The Hall–Kier alpha value is -1.03. The van der Waals surface area contributed by atoms with E-state index in [4.69, 9.17) is 9.84 Å². The van der Waals surface area contributed by atoms with Gasteiger partial charge >= 0.3 is 19.8 Å². The molecule has 11 heteroatoms. The Balaban J connectivity index is 4.16. The number of phosphoric ester groups is 1. The Morgan fingerprint density at radius 3 is 1.89 bits per heavy atom. The van der Waals surface area contributed by atoms with Gasteiger partial charge in [0, 0.05) is 13.3 Å². The van der Waals surface area contributed by atoms with Gasteiger partial charge in [0.05, 0.1) is 26.4 Å². The molecular weight excluding hydrogens is 395 g/mol. The van der Waals surface area contributed by atoms with Crippen LogP contribution in [0.2, 0.25) is 0 Å². The summed E-state index contributed by atoms with van der Waals surface area (Å²) in [6, 6.07) is 0. The molecule has 0 saturated carbocycles. The highest BCUT2D eigenvalue weighted by atomic mass is 31.2. The molecule has 0 aliphatic carbocycles. The average Bonchev–Trinajstić information content (AvgIpc) is 2.64. The van der Waals surface area contributed by atoms with Crippen molar-refractivity contribution in [3.63, 3.8) is 0 Å². The zero-order valence-electron chi connectivity index (χ0n) is 16.6. The molecule has 0 aliphatic rings. The molecule has 166 valence electrons. The molecule has 0 aromatic carbocycles. The highest BCUT2D eigenvalue weighted by molar-refractivity contribution is 7.47. The van der Waals surface area contributed by atoms with Crippen molar-refractivity contribution < 1.29 is 47.8 Å². The molecule has 0 saturated heterocycles. The number of hydrogen-bond donors (Lipinski definition) is 3. The molecule has 0 spiro atoms. The Bertz CT molecular complexity index is 485. The average molecular weight is 428 g/mol. The van der Waals surface area contributed by atoms with Crippen molar-refractivity contribution >= 4 is 19.8 Å². The number of ether oxygens (including phenoxy) is 2. The standard InChI is InChI=1S/C17H33O10P/c1-3-4-5-6-7-8-9-17(21)27-16(11-19)13-25-28(22,23)24-12-15(10-18)26-14(2)20/h15-16,18-19H,3-13H2,1-2H3,(H,22,23). The van der Waals surface area contributed by atoms with Crippen LogP contribution in [0.5, 0.6) is 0 Å². The molecule has 0 rings (SSSR count). The first-order chi connectivity index (χ1) is 13.2. The van der Waals surface area contributed by atoms with Crippen LogP contribution < -0.4 is 0 Å². The van der Waals surface area contributed by atoms with Crippen LogP contribution in [0.25, 0.3) is 0 Å². The summed E-state index contributed by atoms with van der Waals surface area (Å²) in [6.45, 7) is 0.929. The summed E-state index contributed by atoms with van der Waals surface area (Å²) in [6.07, 6.45) is 4.01. The third-order valence-corrected chi connectivity index (χ3v) is 4.57. The van der Waals surface area contributed by atoms with Gasteiger partial charge in [0.2, 0.25) is 0 Å². The third kappa shape index (κ3) is 15.0. The van der Waals surface area contributed by atoms with E-state index in [0.717, 1.165) is 39.0 Å². The predicted octanol–water partition coefficient (Wildman–Crippen LogP) is 1.70. The van der Waals surface area contributed by atoms with Crippen LogP contribution in [0.4, 0.5) is 0 Å². The summed E-state index contributed by atoms with van der Waals surface area (Å²) >= 11 is 0. The number of phosphoric acid groups is 1. The van der Waals surface area contributed by atoms with Gasteiger partial charge in [-0.15, -0.1) is 0 Å². The molecule has 0 radical (unpaired) electrons. The van der Waals surface area contributed by atoms with Gasteiger partial charge in [-0.25, -0.2) is 4.57 Å². The smallest absolute Gasteiger partial charge is 0.458 e. The van der Waals surface area contributed by atoms with Crippen LogP contribution in [0, 0.1) is 0 Å². The predicted molar refractivity (Wildman–Crippen MR) is 99.3 cm³/mol.